The van der Waals surface area contributed by atoms with Gasteiger partial charge in [0.25, 0.3) is 0 Å². The number of aliphatic hydroxyl groups excluding tert-OH is 1. The van der Waals surface area contributed by atoms with Crippen LogP contribution in [0.2, 0.25) is 0 Å². The van der Waals surface area contributed by atoms with E-state index in [0.29, 0.717) is 22.5 Å². The Bertz CT molecular complexity index is 1840. The van der Waals surface area contributed by atoms with Crippen molar-refractivity contribution in [1.82, 2.24) is 0 Å². The molecule has 0 aromatic heterocycles. The van der Waals surface area contributed by atoms with Crippen molar-refractivity contribution in [2.45, 2.75) is 25.7 Å². The number of amides is 2. The van der Waals surface area contributed by atoms with E-state index in [9.17, 15) is 39.4 Å². The molecule has 1 fully saturated rings. The normalized spacial score (nSPS) is 23.5. The number of hydrogen-bond acceptors (Lipinski definition) is 11. The van der Waals surface area contributed by atoms with Crippen molar-refractivity contribution in [3.8, 4) is 5.75 Å². The average Bonchev–Trinajstić information content (AvgIpc) is 3.30. The largest absolute Gasteiger partial charge is 0.491 e. The molecule has 2 aromatic carbocycles. The lowest BCUT2D eigenvalue weighted by Gasteiger charge is -2.42. The fraction of sp³-hybridized carbons (Fsp3) is 0.333. The number of hydrogen-bond donors (Lipinski definition) is 1. The molecule has 3 aliphatic carbocycles. The second kappa shape index (κ2) is 11.7. The highest BCUT2D eigenvalue weighted by molar-refractivity contribution is 6.25. The van der Waals surface area contributed by atoms with Crippen LogP contribution in [0.15, 0.2) is 70.8 Å². The number of ether oxygens (including phenoxy) is 1. The molecule has 1 saturated heterocycles. The lowest BCUT2D eigenvalue weighted by atomic mass is 9.59. The van der Waals surface area contributed by atoms with Crippen molar-refractivity contribution in [1.29, 1.82) is 0 Å². The van der Waals surface area contributed by atoms with Crippen LogP contribution in [0, 0.1) is 38.0 Å². The van der Waals surface area contributed by atoms with Crippen molar-refractivity contribution in [3.05, 3.63) is 96.6 Å². The summed E-state index contributed by atoms with van der Waals surface area (Å²) in [6.45, 7) is 1.46. The van der Waals surface area contributed by atoms with Crippen LogP contribution in [-0.2, 0) is 19.2 Å². The van der Waals surface area contributed by atoms with Gasteiger partial charge in [-0.25, -0.2) is 4.90 Å². The number of carbonyl (C=O) groups excluding carboxylic acids is 4. The van der Waals surface area contributed by atoms with Crippen molar-refractivity contribution in [2.75, 3.05) is 37.1 Å². The maximum absolute atomic E-state index is 14.3. The Labute approximate surface area is 267 Å². The summed E-state index contributed by atoms with van der Waals surface area (Å²) in [6.07, 6.45) is 3.28. The fourth-order valence-corrected chi connectivity index (χ4v) is 7.39. The Hall–Kier alpha value is -5.50. The number of allylic oxidation sites excluding steroid dienone is 6. The van der Waals surface area contributed by atoms with Gasteiger partial charge < -0.3 is 14.7 Å². The van der Waals surface area contributed by atoms with Crippen molar-refractivity contribution >= 4 is 46.1 Å². The predicted molar refractivity (Wildman–Crippen MR) is 167 cm³/mol. The van der Waals surface area contributed by atoms with E-state index in [4.69, 9.17) is 9.84 Å². The van der Waals surface area contributed by atoms with Crippen LogP contribution in [0.1, 0.15) is 31.2 Å². The minimum Gasteiger partial charge on any atom is -0.491 e. The Kier molecular flexibility index (Phi) is 7.83. The molecular formula is C33H30N4O10. The number of anilines is 2. The molecular weight excluding hydrogens is 612 g/mol. The molecule has 47 heavy (non-hydrogen) atoms. The molecule has 1 N–H and O–H groups in total. The second-order valence-corrected chi connectivity index (χ2v) is 12.1. The van der Waals surface area contributed by atoms with Gasteiger partial charge in [0, 0.05) is 48.9 Å². The van der Waals surface area contributed by atoms with Crippen LogP contribution in [-0.4, -0.2) is 65.6 Å². The van der Waals surface area contributed by atoms with Crippen molar-refractivity contribution in [3.63, 3.8) is 0 Å². The number of aliphatic hydroxyl groups is 1. The molecule has 0 saturated carbocycles. The van der Waals surface area contributed by atoms with Crippen LogP contribution in [0.5, 0.6) is 5.75 Å². The van der Waals surface area contributed by atoms with Gasteiger partial charge in [-0.3, -0.25) is 39.4 Å². The van der Waals surface area contributed by atoms with E-state index in [0.717, 1.165) is 17.0 Å². The molecule has 2 amide bonds. The summed E-state index contributed by atoms with van der Waals surface area (Å²) < 4.78 is 5.48. The van der Waals surface area contributed by atoms with Crippen LogP contribution in [0.25, 0.3) is 0 Å². The number of benzene rings is 2. The summed E-state index contributed by atoms with van der Waals surface area (Å²) in [5.41, 5.74) is 0.359. The summed E-state index contributed by atoms with van der Waals surface area (Å²) >= 11 is 0. The van der Waals surface area contributed by atoms with Crippen LogP contribution >= 0.6 is 0 Å². The van der Waals surface area contributed by atoms with E-state index in [2.05, 4.69) is 0 Å². The molecule has 1 heterocycles. The summed E-state index contributed by atoms with van der Waals surface area (Å²) in [5.74, 6) is -4.73. The Morgan fingerprint density at radius 2 is 1.62 bits per heavy atom. The highest BCUT2D eigenvalue weighted by atomic mass is 16.6. The van der Waals surface area contributed by atoms with E-state index in [1.165, 1.54) is 25.1 Å². The first kappa shape index (κ1) is 31.5. The van der Waals surface area contributed by atoms with E-state index >= 15 is 0 Å². The smallest absolute Gasteiger partial charge is 0.301 e. The van der Waals surface area contributed by atoms with Crippen molar-refractivity contribution in [2.24, 2.45) is 17.8 Å². The van der Waals surface area contributed by atoms with Gasteiger partial charge in [-0.15, -0.1) is 0 Å². The van der Waals surface area contributed by atoms with E-state index in [-0.39, 0.29) is 60.1 Å². The standard InChI is InChI=1S/C33H30N4O10/c1-16-12-26(39)29-23(31(16)40)15-22-20(27(29)17-4-6-19(7-5-17)47-11-10-38)8-9-21-28(22)33(42)35(32(21)41)18-13-24(36(43)44)30(34(2)3)25(14-18)37(45)46/h4-8,12-14,21-22,27-28,38H,9-11,15H2,1-3H3. The fourth-order valence-electron chi connectivity index (χ4n) is 7.39. The number of nitro groups is 2. The number of fused-ring (bicyclic) bond motifs is 3. The zero-order chi connectivity index (χ0) is 33.9. The maximum atomic E-state index is 14.3. The van der Waals surface area contributed by atoms with Gasteiger partial charge in [-0.05, 0) is 49.5 Å². The Morgan fingerprint density at radius 3 is 2.19 bits per heavy atom. The molecule has 14 heteroatoms. The minimum atomic E-state index is -0.980. The zero-order valence-corrected chi connectivity index (χ0v) is 25.7. The third kappa shape index (κ3) is 5.01. The van der Waals surface area contributed by atoms with Crippen molar-refractivity contribution < 1.29 is 38.9 Å². The van der Waals surface area contributed by atoms with Gasteiger partial charge in [0.05, 0.1) is 34.0 Å². The lowest BCUT2D eigenvalue weighted by Crippen LogP contribution is -2.39. The first-order valence-electron chi connectivity index (χ1n) is 14.9. The van der Waals surface area contributed by atoms with E-state index in [1.807, 2.05) is 6.08 Å². The first-order chi connectivity index (χ1) is 22.3. The Balaban J connectivity index is 1.45. The second-order valence-electron chi connectivity index (χ2n) is 12.1. The van der Waals surface area contributed by atoms with Gasteiger partial charge in [0.1, 0.15) is 12.4 Å². The number of Topliss-reactive ketones (excluding diaryl/α,β-unsaturated/α-hetero) is 1. The van der Waals surface area contributed by atoms with Gasteiger partial charge in [0.2, 0.25) is 11.8 Å². The molecule has 0 spiro atoms. The number of imide groups is 1. The lowest BCUT2D eigenvalue weighted by molar-refractivity contribution is -0.392. The molecule has 0 radical (unpaired) electrons. The quantitative estimate of drug-likeness (QED) is 0.146. The summed E-state index contributed by atoms with van der Waals surface area (Å²) in [7, 11) is 2.82. The summed E-state index contributed by atoms with van der Waals surface area (Å²) in [4.78, 5) is 79.5. The minimum absolute atomic E-state index is 0.0268. The third-order valence-corrected chi connectivity index (χ3v) is 9.29. The SMILES string of the molecule is CC1=CC(=O)C2=C(CC3C(=CCC4C(=O)N(c5cc([N+](=O)[O-])c(N(C)C)c([N+](=O)[O-])c5)C(=O)C43)C2c2ccc(OCCO)cc2)C1=O. The topological polar surface area (TPSA) is 190 Å². The first-order valence-corrected chi connectivity index (χ1v) is 14.9. The van der Waals surface area contributed by atoms with Gasteiger partial charge >= 0.3 is 11.4 Å². The van der Waals surface area contributed by atoms with E-state index in [1.54, 1.807) is 31.2 Å². The summed E-state index contributed by atoms with van der Waals surface area (Å²) in [6, 6.07) is 8.84. The highest BCUT2D eigenvalue weighted by Crippen LogP contribution is 2.56. The number of ketones is 2. The van der Waals surface area contributed by atoms with Crippen LogP contribution in [0.3, 0.4) is 0 Å². The van der Waals surface area contributed by atoms with Gasteiger partial charge in [0.15, 0.2) is 17.3 Å². The van der Waals surface area contributed by atoms with E-state index < -0.39 is 56.7 Å². The summed E-state index contributed by atoms with van der Waals surface area (Å²) in [5, 5.41) is 33.1. The highest BCUT2D eigenvalue weighted by Gasteiger charge is 2.57. The molecule has 6 rings (SSSR count). The molecule has 4 aliphatic rings. The number of nitro benzene ring substituents is 2. The average molecular weight is 643 g/mol. The Morgan fingerprint density at radius 1 is 0.979 bits per heavy atom. The van der Waals surface area contributed by atoms with Gasteiger partial charge in [-0.2, -0.15) is 0 Å². The van der Waals surface area contributed by atoms with Crippen LogP contribution in [0.4, 0.5) is 22.7 Å². The molecule has 1 aliphatic heterocycles. The zero-order valence-electron chi connectivity index (χ0n) is 25.7. The number of carbonyl (C=O) groups is 4. The molecule has 4 atom stereocenters. The third-order valence-electron chi connectivity index (χ3n) is 9.29. The molecule has 14 nitrogen and oxygen atoms in total. The maximum Gasteiger partial charge on any atom is 0.301 e. The predicted octanol–water partition coefficient (Wildman–Crippen LogP) is 3.57. The molecule has 242 valence electrons. The van der Waals surface area contributed by atoms with Gasteiger partial charge in [-0.1, -0.05) is 23.8 Å². The number of nitrogens with zero attached hydrogens (tertiary/aromatic N) is 4. The monoisotopic (exact) mass is 642 g/mol. The van der Waals surface area contributed by atoms with Crippen LogP contribution < -0.4 is 14.5 Å². The molecule has 4 unspecified atom stereocenters. The molecule has 0 bridgehead atoms. The molecule has 2 aromatic rings. The number of rotatable bonds is 8.